The van der Waals surface area contributed by atoms with Gasteiger partial charge in [0.1, 0.15) is 18.0 Å². The van der Waals surface area contributed by atoms with Crippen LogP contribution < -0.4 is 20.5 Å². The minimum atomic E-state index is -1.03. The van der Waals surface area contributed by atoms with Gasteiger partial charge in [0.2, 0.25) is 0 Å². The van der Waals surface area contributed by atoms with Crippen LogP contribution >= 0.6 is 0 Å². The maximum absolute atomic E-state index is 13.2. The first-order chi connectivity index (χ1) is 28.2. The maximum atomic E-state index is 13.2. The molecule has 6 N–H and O–H groups in total. The molecular weight excluding hydrogens is 729 g/mol. The summed E-state index contributed by atoms with van der Waals surface area (Å²) in [6, 6.07) is 9.83. The smallest absolute Gasteiger partial charge is 0.187 e. The van der Waals surface area contributed by atoms with Gasteiger partial charge in [-0.3, -0.25) is 15.1 Å². The van der Waals surface area contributed by atoms with Gasteiger partial charge >= 0.3 is 0 Å². The van der Waals surface area contributed by atoms with E-state index in [1.54, 1.807) is 0 Å². The van der Waals surface area contributed by atoms with Crippen molar-refractivity contribution in [3.05, 3.63) is 93.8 Å². The van der Waals surface area contributed by atoms with E-state index >= 15 is 0 Å². The van der Waals surface area contributed by atoms with Crippen LogP contribution in [0.2, 0.25) is 0 Å². The molecule has 10 atom stereocenters. The Kier molecular flexibility index (Phi) is 9.62. The van der Waals surface area contributed by atoms with Gasteiger partial charge in [-0.1, -0.05) is 67.9 Å². The molecule has 2 aromatic carbocycles. The number of benzene rings is 2. The molecule has 2 bridgehead atoms. The highest BCUT2D eigenvalue weighted by Crippen LogP contribution is 2.53. The van der Waals surface area contributed by atoms with Crippen LogP contribution in [0.1, 0.15) is 117 Å². The number of aliphatic hydroxyl groups excluding tert-OH is 3. The van der Waals surface area contributed by atoms with E-state index < -0.39 is 41.8 Å². The summed E-state index contributed by atoms with van der Waals surface area (Å²) >= 11 is 0. The largest absolute Gasteiger partial charge is 0.465 e. The Morgan fingerprint density at radius 3 is 2.78 bits per heavy atom. The lowest BCUT2D eigenvalue weighted by atomic mass is 9.67. The molecule has 0 amide bonds. The van der Waals surface area contributed by atoms with Crippen LogP contribution in [-0.4, -0.2) is 63.2 Å². The lowest BCUT2D eigenvalue weighted by Crippen LogP contribution is -2.47. The molecule has 2 aromatic rings. The number of nitrogens with one attached hydrogen (secondary N) is 1. The first kappa shape index (κ1) is 37.6. The van der Waals surface area contributed by atoms with Crippen molar-refractivity contribution in [2.45, 2.75) is 114 Å². The third-order valence-corrected chi connectivity index (χ3v) is 14.2. The average Bonchev–Trinajstić information content (AvgIpc) is 3.96. The molecule has 10 rings (SSSR count). The summed E-state index contributed by atoms with van der Waals surface area (Å²) in [5.41, 5.74) is 14.6. The summed E-state index contributed by atoms with van der Waals surface area (Å²) in [6.07, 6.45) is 14.6. The van der Waals surface area contributed by atoms with Crippen LogP contribution in [0.3, 0.4) is 0 Å². The summed E-state index contributed by atoms with van der Waals surface area (Å²) in [6.45, 7) is 3.39. The van der Waals surface area contributed by atoms with Gasteiger partial charge in [-0.2, -0.15) is 0 Å². The van der Waals surface area contributed by atoms with Crippen molar-refractivity contribution in [3.63, 3.8) is 0 Å². The molecule has 3 aliphatic carbocycles. The topological polar surface area (TPSA) is 150 Å². The van der Waals surface area contributed by atoms with Crippen molar-refractivity contribution in [3.8, 4) is 35.4 Å². The number of hydrogen-bond donors (Lipinski definition) is 5. The maximum Gasteiger partial charge on any atom is 0.187 e. The minimum absolute atomic E-state index is 0.0139. The fourth-order valence-electron chi connectivity index (χ4n) is 11.1. The molecular formula is C48H52N4O6. The van der Waals surface area contributed by atoms with Crippen molar-refractivity contribution in [2.24, 2.45) is 33.9 Å². The van der Waals surface area contributed by atoms with Crippen LogP contribution in [0.15, 0.2) is 71.0 Å². The average molecular weight is 781 g/mol. The SMILES string of the molecule is CC1C=CC(C(O)CC(=O)CCc2ccc3c(c2)OC2C(C#CC(O)c4ccc5c6c4C(CCC6CNC5N)C4=CN=C5CN2C=C45)C2(C#CO3)CCCC2)C(O)C1. The number of aliphatic hydroxyl groups is 3. The molecule has 5 aliphatic heterocycles. The first-order valence-corrected chi connectivity index (χ1v) is 21.3. The zero-order chi connectivity index (χ0) is 39.7. The Morgan fingerprint density at radius 2 is 1.93 bits per heavy atom. The summed E-state index contributed by atoms with van der Waals surface area (Å²) in [4.78, 5) is 20.4. The molecule has 10 heteroatoms. The number of fused-ring (bicyclic) bond motifs is 6. The zero-order valence-corrected chi connectivity index (χ0v) is 33.0. The summed E-state index contributed by atoms with van der Waals surface area (Å²) in [5.74, 6) is 11.2. The zero-order valence-electron chi connectivity index (χ0n) is 33.0. The Balaban J connectivity index is 1.00. The molecule has 300 valence electrons. The Hall–Kier alpha value is -4.68. The molecule has 1 spiro atoms. The number of hydrogen-bond acceptors (Lipinski definition) is 10. The fourth-order valence-corrected chi connectivity index (χ4v) is 11.1. The second kappa shape index (κ2) is 14.9. The van der Waals surface area contributed by atoms with Crippen LogP contribution in [0.25, 0.3) is 0 Å². The number of ketones is 1. The van der Waals surface area contributed by atoms with Crippen molar-refractivity contribution in [2.75, 3.05) is 13.1 Å². The van der Waals surface area contributed by atoms with E-state index in [-0.39, 0.29) is 36.6 Å². The molecule has 58 heavy (non-hydrogen) atoms. The van der Waals surface area contributed by atoms with Crippen molar-refractivity contribution >= 4 is 11.5 Å². The molecule has 10 nitrogen and oxygen atoms in total. The second-order valence-corrected chi connectivity index (χ2v) is 17.9. The van der Waals surface area contributed by atoms with Crippen LogP contribution in [-0.2, 0) is 11.2 Å². The summed E-state index contributed by atoms with van der Waals surface area (Å²) in [5, 5.41) is 37.0. The quantitative estimate of drug-likeness (QED) is 0.188. The van der Waals surface area contributed by atoms with E-state index in [9.17, 15) is 20.1 Å². The number of nitrogens with zero attached hydrogens (tertiary/aromatic N) is 2. The fraction of sp³-hybridized carbons (Fsp3) is 0.500. The van der Waals surface area contributed by atoms with Crippen LogP contribution in [0.5, 0.6) is 11.5 Å². The number of nitrogens with two attached hydrogens (primary N) is 1. The molecule has 0 radical (unpaired) electrons. The molecule has 0 saturated heterocycles. The molecule has 5 heterocycles. The van der Waals surface area contributed by atoms with Gasteiger partial charge in [0.15, 0.2) is 17.7 Å². The predicted molar refractivity (Wildman–Crippen MR) is 219 cm³/mol. The lowest BCUT2D eigenvalue weighted by molar-refractivity contribution is -0.122. The number of carbonyl (C=O) groups is 1. The number of allylic oxidation sites excluding steroid dienone is 2. The third kappa shape index (κ3) is 6.51. The Morgan fingerprint density at radius 1 is 1.09 bits per heavy atom. The number of aliphatic imine (C=N–C) groups is 1. The summed E-state index contributed by atoms with van der Waals surface area (Å²) < 4.78 is 13.3. The highest BCUT2D eigenvalue weighted by atomic mass is 16.5. The first-order valence-electron chi connectivity index (χ1n) is 21.3. The van der Waals surface area contributed by atoms with Gasteiger partial charge in [0.25, 0.3) is 0 Å². The molecule has 10 unspecified atom stereocenters. The van der Waals surface area contributed by atoms with Crippen molar-refractivity contribution in [1.29, 1.82) is 0 Å². The number of aryl methyl sites for hydroxylation is 1. The van der Waals surface area contributed by atoms with Gasteiger partial charge in [0.05, 0.1) is 42.0 Å². The number of carbonyl (C=O) groups excluding carboxylic acids is 1. The molecule has 8 aliphatic rings. The normalized spacial score (nSPS) is 32.5. The van der Waals surface area contributed by atoms with Gasteiger partial charge in [0, 0.05) is 49.2 Å². The Bertz CT molecular complexity index is 2280. The van der Waals surface area contributed by atoms with Crippen LogP contribution in [0.4, 0.5) is 0 Å². The van der Waals surface area contributed by atoms with E-state index in [0.717, 1.165) is 84.2 Å². The standard InChI is InChI=1S/C48H52N4O6/c1-27-4-9-32(40(55)20-27)41(56)22-30(53)8-5-28-6-15-42-43(21-28)58-47-37(48(18-19-57-42)16-2-3-17-48)13-14-39(54)33-11-12-34-44-29(23-51-46(34)49)7-10-31(45(33)44)35-24-50-38-26-52(47)25-36(35)38/h4,6,9,11-12,15,21,24-25,27,29,31-32,37,39-41,46-47,51,54-56H,2-3,5,7-8,10,16-17,20,22-23,26,49H2,1H3. The molecule has 1 saturated carbocycles. The van der Waals surface area contributed by atoms with E-state index in [1.165, 1.54) is 5.56 Å². The second-order valence-electron chi connectivity index (χ2n) is 17.9. The minimum Gasteiger partial charge on any atom is -0.465 e. The highest BCUT2D eigenvalue weighted by molar-refractivity contribution is 6.09. The molecule has 0 aromatic heterocycles. The van der Waals surface area contributed by atoms with E-state index in [1.807, 2.05) is 49.5 Å². The van der Waals surface area contributed by atoms with Gasteiger partial charge in [-0.05, 0) is 95.9 Å². The van der Waals surface area contributed by atoms with E-state index in [4.69, 9.17) is 20.2 Å². The predicted octanol–water partition coefficient (Wildman–Crippen LogP) is 5.56. The van der Waals surface area contributed by atoms with Crippen LogP contribution in [0, 0.1) is 47.0 Å². The van der Waals surface area contributed by atoms with E-state index in [2.05, 4.69) is 46.4 Å². The van der Waals surface area contributed by atoms with Crippen molar-refractivity contribution in [1.82, 2.24) is 10.2 Å². The van der Waals surface area contributed by atoms with Crippen molar-refractivity contribution < 1.29 is 29.6 Å². The monoisotopic (exact) mass is 780 g/mol. The third-order valence-electron chi connectivity index (χ3n) is 14.2. The number of rotatable bonds is 6. The lowest BCUT2D eigenvalue weighted by Gasteiger charge is -2.41. The van der Waals surface area contributed by atoms with Gasteiger partial charge in [-0.15, -0.1) is 0 Å². The number of ether oxygens (including phenoxy) is 2. The van der Waals surface area contributed by atoms with Gasteiger partial charge < -0.3 is 35.4 Å². The molecule has 1 fully saturated rings. The highest BCUT2D eigenvalue weighted by Gasteiger charge is 2.49. The summed E-state index contributed by atoms with van der Waals surface area (Å²) in [7, 11) is 0. The Labute approximate surface area is 340 Å². The van der Waals surface area contributed by atoms with E-state index in [0.29, 0.717) is 36.8 Å². The van der Waals surface area contributed by atoms with Gasteiger partial charge in [-0.25, -0.2) is 0 Å². The number of Topliss-reactive ketones (excluding diaryl/α,β-unsaturated/α-hetero) is 1.